The van der Waals surface area contributed by atoms with Crippen LogP contribution >= 0.6 is 0 Å². The van der Waals surface area contributed by atoms with E-state index >= 15 is 0 Å². The third kappa shape index (κ3) is 7.54. The Morgan fingerprint density at radius 1 is 0.889 bits per heavy atom. The second-order valence-corrected chi connectivity index (χ2v) is 8.64. The van der Waals surface area contributed by atoms with Gasteiger partial charge in [-0.2, -0.15) is 10.2 Å². The van der Waals surface area contributed by atoms with Gasteiger partial charge in [0.05, 0.1) is 16.8 Å². The van der Waals surface area contributed by atoms with Crippen molar-refractivity contribution in [1.82, 2.24) is 0 Å². The fourth-order valence-electron chi connectivity index (χ4n) is 2.89. The first kappa shape index (κ1) is 26.2. The van der Waals surface area contributed by atoms with Gasteiger partial charge in [0.15, 0.2) is 0 Å². The van der Waals surface area contributed by atoms with Crippen molar-refractivity contribution in [3.8, 4) is 18.1 Å². The molecule has 1 amide bonds. The van der Waals surface area contributed by atoms with Gasteiger partial charge in [-0.25, -0.2) is 0 Å². The standard InChI is InChI=1S/C29H29N3O4/c1-5-21-7-11-24(12-8-21)31-32-25-15-13-23(14-16-25)30-27(33)22-9-17-26(18-10-22)35-19-20-36-28(34)29(3,4)6-2/h1,7-18H,6,19-20H2,2-4H3,(H,30,33)/b32-31+. The van der Waals surface area contributed by atoms with Gasteiger partial charge in [-0.3, -0.25) is 9.59 Å². The summed E-state index contributed by atoms with van der Waals surface area (Å²) in [6.07, 6.45) is 6.05. The van der Waals surface area contributed by atoms with Crippen molar-refractivity contribution < 1.29 is 19.1 Å². The van der Waals surface area contributed by atoms with Crippen molar-refractivity contribution in [3.63, 3.8) is 0 Å². The van der Waals surface area contributed by atoms with Crippen LogP contribution in [0.2, 0.25) is 0 Å². The molecule has 0 saturated heterocycles. The molecule has 0 unspecified atom stereocenters. The first-order chi connectivity index (χ1) is 17.3. The van der Waals surface area contributed by atoms with Crippen LogP contribution in [0.5, 0.6) is 5.75 Å². The molecule has 0 saturated carbocycles. The lowest BCUT2D eigenvalue weighted by atomic mass is 9.91. The molecule has 0 fully saturated rings. The number of esters is 1. The molecule has 0 aliphatic rings. The zero-order valence-electron chi connectivity index (χ0n) is 20.7. The first-order valence-corrected chi connectivity index (χ1v) is 11.6. The SMILES string of the molecule is C#Cc1ccc(/N=N/c2ccc(NC(=O)c3ccc(OCCOC(=O)C(C)(C)CC)cc3)cc2)cc1. The number of rotatable bonds is 10. The molecule has 0 aliphatic carbocycles. The van der Waals surface area contributed by atoms with Crippen LogP contribution in [0.15, 0.2) is 83.0 Å². The van der Waals surface area contributed by atoms with Gasteiger partial charge in [0, 0.05) is 16.8 Å². The number of carbonyl (C=O) groups is 2. The summed E-state index contributed by atoms with van der Waals surface area (Å²) in [6, 6.07) is 21.0. The number of azo groups is 1. The van der Waals surface area contributed by atoms with Crippen LogP contribution in [-0.4, -0.2) is 25.1 Å². The summed E-state index contributed by atoms with van der Waals surface area (Å²) in [5.41, 5.74) is 2.74. The molecule has 36 heavy (non-hydrogen) atoms. The predicted molar refractivity (Wildman–Crippen MR) is 140 cm³/mol. The number of amides is 1. The Bertz CT molecular complexity index is 1240. The van der Waals surface area contributed by atoms with Crippen LogP contribution in [-0.2, 0) is 9.53 Å². The van der Waals surface area contributed by atoms with E-state index in [-0.39, 0.29) is 25.1 Å². The van der Waals surface area contributed by atoms with Gasteiger partial charge in [0.2, 0.25) is 0 Å². The fourth-order valence-corrected chi connectivity index (χ4v) is 2.89. The highest BCUT2D eigenvalue weighted by Gasteiger charge is 2.26. The van der Waals surface area contributed by atoms with Crippen LogP contribution in [0.1, 0.15) is 43.1 Å². The maximum Gasteiger partial charge on any atom is 0.311 e. The van der Waals surface area contributed by atoms with Crippen molar-refractivity contribution in [3.05, 3.63) is 83.9 Å². The third-order valence-corrected chi connectivity index (χ3v) is 5.58. The summed E-state index contributed by atoms with van der Waals surface area (Å²) < 4.78 is 10.9. The van der Waals surface area contributed by atoms with E-state index in [1.807, 2.05) is 20.8 Å². The maximum atomic E-state index is 12.6. The summed E-state index contributed by atoms with van der Waals surface area (Å²) in [4.78, 5) is 24.5. The van der Waals surface area contributed by atoms with Crippen LogP contribution in [0.4, 0.5) is 17.1 Å². The van der Waals surface area contributed by atoms with E-state index in [0.717, 1.165) is 5.56 Å². The molecule has 0 heterocycles. The number of nitrogens with zero attached hydrogens (tertiary/aromatic N) is 2. The van der Waals surface area contributed by atoms with Crippen LogP contribution in [0, 0.1) is 17.8 Å². The van der Waals surface area contributed by atoms with E-state index in [1.54, 1.807) is 72.8 Å². The Balaban J connectivity index is 1.47. The van der Waals surface area contributed by atoms with E-state index in [1.165, 1.54) is 0 Å². The average molecular weight is 484 g/mol. The summed E-state index contributed by atoms with van der Waals surface area (Å²) in [6.45, 7) is 6.04. The molecule has 0 aromatic heterocycles. The number of hydrogen-bond acceptors (Lipinski definition) is 6. The number of nitrogens with one attached hydrogen (secondary N) is 1. The van der Waals surface area contributed by atoms with Crippen molar-refractivity contribution in [2.75, 3.05) is 18.5 Å². The highest BCUT2D eigenvalue weighted by molar-refractivity contribution is 6.04. The number of hydrogen-bond donors (Lipinski definition) is 1. The highest BCUT2D eigenvalue weighted by Crippen LogP contribution is 2.22. The fraction of sp³-hybridized carbons (Fsp3) is 0.241. The van der Waals surface area contributed by atoms with Crippen LogP contribution < -0.4 is 10.1 Å². The van der Waals surface area contributed by atoms with Gasteiger partial charge in [0.25, 0.3) is 5.91 Å². The molecule has 0 atom stereocenters. The average Bonchev–Trinajstić information content (AvgIpc) is 2.91. The zero-order valence-corrected chi connectivity index (χ0v) is 20.7. The van der Waals surface area contributed by atoms with Gasteiger partial charge >= 0.3 is 5.97 Å². The smallest absolute Gasteiger partial charge is 0.311 e. The van der Waals surface area contributed by atoms with Crippen molar-refractivity contribution >= 4 is 28.9 Å². The van der Waals surface area contributed by atoms with E-state index in [2.05, 4.69) is 21.5 Å². The van der Waals surface area contributed by atoms with Gasteiger partial charge < -0.3 is 14.8 Å². The Labute approximate surface area is 211 Å². The normalized spacial score (nSPS) is 11.1. The molecule has 7 heteroatoms. The summed E-state index contributed by atoms with van der Waals surface area (Å²) >= 11 is 0. The van der Waals surface area contributed by atoms with Crippen LogP contribution in [0.25, 0.3) is 0 Å². The van der Waals surface area contributed by atoms with E-state index < -0.39 is 5.41 Å². The molecule has 184 valence electrons. The molecule has 0 bridgehead atoms. The highest BCUT2D eigenvalue weighted by atomic mass is 16.6. The van der Waals surface area contributed by atoms with Gasteiger partial charge in [-0.15, -0.1) is 6.42 Å². The largest absolute Gasteiger partial charge is 0.490 e. The minimum absolute atomic E-state index is 0.165. The molecule has 3 aromatic carbocycles. The van der Waals surface area contributed by atoms with Gasteiger partial charge in [0.1, 0.15) is 19.0 Å². The lowest BCUT2D eigenvalue weighted by Crippen LogP contribution is -2.27. The topological polar surface area (TPSA) is 89.3 Å². The lowest BCUT2D eigenvalue weighted by Gasteiger charge is -2.20. The monoisotopic (exact) mass is 483 g/mol. The maximum absolute atomic E-state index is 12.6. The van der Waals surface area contributed by atoms with E-state index in [0.29, 0.717) is 34.8 Å². The minimum atomic E-state index is -0.505. The van der Waals surface area contributed by atoms with Crippen molar-refractivity contribution in [2.45, 2.75) is 27.2 Å². The zero-order chi connectivity index (χ0) is 26.0. The quantitative estimate of drug-likeness (QED) is 0.150. The number of carbonyl (C=O) groups excluding carboxylic acids is 2. The molecule has 3 rings (SSSR count). The Morgan fingerprint density at radius 3 is 2.03 bits per heavy atom. The molecule has 1 N–H and O–H groups in total. The Kier molecular flexibility index (Phi) is 8.95. The lowest BCUT2D eigenvalue weighted by molar-refractivity contribution is -0.154. The molecular weight excluding hydrogens is 454 g/mol. The molecule has 0 aliphatic heterocycles. The number of benzene rings is 3. The van der Waals surface area contributed by atoms with Crippen LogP contribution in [0.3, 0.4) is 0 Å². The van der Waals surface area contributed by atoms with Gasteiger partial charge in [-0.05, 0) is 93.1 Å². The Hall–Kier alpha value is -4.44. The molecule has 3 aromatic rings. The first-order valence-electron chi connectivity index (χ1n) is 11.6. The molecule has 0 spiro atoms. The van der Waals surface area contributed by atoms with Crippen molar-refractivity contribution in [2.24, 2.45) is 15.6 Å². The molecule has 0 radical (unpaired) electrons. The number of anilines is 1. The van der Waals surface area contributed by atoms with E-state index in [4.69, 9.17) is 15.9 Å². The molecular formula is C29H29N3O4. The molecule has 7 nitrogen and oxygen atoms in total. The van der Waals surface area contributed by atoms with Gasteiger partial charge in [-0.1, -0.05) is 12.8 Å². The number of ether oxygens (including phenoxy) is 2. The second kappa shape index (κ2) is 12.3. The third-order valence-electron chi connectivity index (χ3n) is 5.58. The minimum Gasteiger partial charge on any atom is -0.490 e. The predicted octanol–water partition coefficient (Wildman–Crippen LogP) is 6.69. The summed E-state index contributed by atoms with van der Waals surface area (Å²) in [7, 11) is 0. The van der Waals surface area contributed by atoms with Crippen molar-refractivity contribution in [1.29, 1.82) is 0 Å². The second-order valence-electron chi connectivity index (χ2n) is 8.64. The number of terminal acetylenes is 1. The summed E-state index contributed by atoms with van der Waals surface area (Å²) in [5, 5.41) is 11.2. The Morgan fingerprint density at radius 2 is 1.47 bits per heavy atom. The summed E-state index contributed by atoms with van der Waals surface area (Å²) in [5.74, 6) is 2.65. The van der Waals surface area contributed by atoms with E-state index in [9.17, 15) is 9.59 Å².